The van der Waals surface area contributed by atoms with E-state index >= 15 is 0 Å². The number of hydrogen-bond donors (Lipinski definition) is 1. The van der Waals surface area contributed by atoms with Crippen LogP contribution in [0.3, 0.4) is 0 Å². The van der Waals surface area contributed by atoms with Crippen LogP contribution in [-0.4, -0.2) is 36.7 Å². The molecule has 0 aliphatic rings. The van der Waals surface area contributed by atoms with Gasteiger partial charge in [0.1, 0.15) is 0 Å². The number of quaternary nitrogens is 1. The van der Waals surface area contributed by atoms with E-state index in [-0.39, 0.29) is 0 Å². The van der Waals surface area contributed by atoms with Gasteiger partial charge in [-0.2, -0.15) is 0 Å². The summed E-state index contributed by atoms with van der Waals surface area (Å²) < 4.78 is 1.22. The third-order valence-corrected chi connectivity index (χ3v) is 3.41. The summed E-state index contributed by atoms with van der Waals surface area (Å²) in [6.07, 6.45) is 1.15. The lowest BCUT2D eigenvalue weighted by atomic mass is 10.1. The van der Waals surface area contributed by atoms with Gasteiger partial charge in [-0.25, -0.2) is 0 Å². The summed E-state index contributed by atoms with van der Waals surface area (Å²) in [7, 11) is 0. The Morgan fingerprint density at radius 1 is 1.08 bits per heavy atom. The fraction of sp³-hybridized carbons (Fsp3) is 1.00. The topological polar surface area (TPSA) is 26.0 Å². The highest BCUT2D eigenvalue weighted by atomic mass is 15.4. The van der Waals surface area contributed by atoms with Gasteiger partial charge < -0.3 is 10.2 Å². The Morgan fingerprint density at radius 3 is 1.75 bits per heavy atom. The van der Waals surface area contributed by atoms with E-state index in [1.807, 2.05) is 0 Å². The van der Waals surface area contributed by atoms with Crippen LogP contribution in [0.2, 0.25) is 0 Å². The third kappa shape index (κ3) is 2.46. The molecule has 0 aliphatic carbocycles. The quantitative estimate of drug-likeness (QED) is 0.607. The van der Waals surface area contributed by atoms with E-state index in [0.717, 1.165) is 19.0 Å². The number of nitrogens with zero attached hydrogens (tertiary/aromatic N) is 1. The van der Waals surface area contributed by atoms with Crippen molar-refractivity contribution in [2.45, 2.75) is 40.2 Å². The van der Waals surface area contributed by atoms with Gasteiger partial charge >= 0.3 is 0 Å². The molecular weight excluding hydrogens is 148 g/mol. The Balaban J connectivity index is 4.24. The van der Waals surface area contributed by atoms with E-state index in [0.29, 0.717) is 0 Å². The van der Waals surface area contributed by atoms with Crippen LogP contribution >= 0.6 is 0 Å². The zero-order chi connectivity index (χ0) is 9.61. The SMILES string of the molecule is CC[N+](CC)(CC)C(C)CCN. The molecule has 74 valence electrons. The standard InChI is InChI=1S/C10H25N2/c1-5-12(6-2,7-3)10(4)8-9-11/h10H,5-9,11H2,1-4H3/q+1. The fourth-order valence-corrected chi connectivity index (χ4v) is 2.12. The molecule has 0 spiro atoms. The maximum Gasteiger partial charge on any atom is 0.0873 e. The smallest absolute Gasteiger partial charge is 0.0873 e. The van der Waals surface area contributed by atoms with Crippen molar-refractivity contribution < 1.29 is 4.48 Å². The van der Waals surface area contributed by atoms with Gasteiger partial charge in [0.25, 0.3) is 0 Å². The Kier molecular flexibility index (Phi) is 5.51. The summed E-state index contributed by atoms with van der Waals surface area (Å²) in [5.41, 5.74) is 5.58. The van der Waals surface area contributed by atoms with Gasteiger partial charge in [0.15, 0.2) is 0 Å². The van der Waals surface area contributed by atoms with Crippen LogP contribution in [0, 0.1) is 0 Å². The van der Waals surface area contributed by atoms with Crippen molar-refractivity contribution in [2.24, 2.45) is 5.73 Å². The molecule has 0 heterocycles. The second-order valence-corrected chi connectivity index (χ2v) is 3.59. The van der Waals surface area contributed by atoms with Crippen LogP contribution in [0.4, 0.5) is 0 Å². The summed E-state index contributed by atoms with van der Waals surface area (Å²) >= 11 is 0. The molecule has 0 aromatic carbocycles. The molecule has 0 radical (unpaired) electrons. The van der Waals surface area contributed by atoms with E-state index in [1.54, 1.807) is 0 Å². The van der Waals surface area contributed by atoms with Crippen LogP contribution in [0.15, 0.2) is 0 Å². The average molecular weight is 173 g/mol. The highest BCUT2D eigenvalue weighted by Gasteiger charge is 2.27. The lowest BCUT2D eigenvalue weighted by Crippen LogP contribution is -2.54. The van der Waals surface area contributed by atoms with Crippen LogP contribution in [0.1, 0.15) is 34.1 Å². The lowest BCUT2D eigenvalue weighted by Gasteiger charge is -2.41. The minimum absolute atomic E-state index is 0.718. The average Bonchev–Trinajstić information content (AvgIpc) is 2.09. The molecule has 1 unspecified atom stereocenters. The predicted molar refractivity (Wildman–Crippen MR) is 55.0 cm³/mol. The van der Waals surface area contributed by atoms with Crippen molar-refractivity contribution in [3.63, 3.8) is 0 Å². The number of nitrogens with two attached hydrogens (primary N) is 1. The van der Waals surface area contributed by atoms with E-state index in [4.69, 9.17) is 5.73 Å². The predicted octanol–water partition coefficient (Wildman–Crippen LogP) is 1.60. The van der Waals surface area contributed by atoms with Crippen LogP contribution < -0.4 is 5.73 Å². The second kappa shape index (κ2) is 5.55. The lowest BCUT2D eigenvalue weighted by molar-refractivity contribution is -0.945. The minimum Gasteiger partial charge on any atom is -0.330 e. The molecule has 2 N–H and O–H groups in total. The molecular formula is C10H25N2+. The third-order valence-electron chi connectivity index (χ3n) is 3.41. The summed E-state index contributed by atoms with van der Waals surface area (Å²) in [5.74, 6) is 0. The van der Waals surface area contributed by atoms with E-state index < -0.39 is 0 Å². The van der Waals surface area contributed by atoms with Gasteiger partial charge in [-0.05, 0) is 34.2 Å². The van der Waals surface area contributed by atoms with Crippen molar-refractivity contribution >= 4 is 0 Å². The first kappa shape index (κ1) is 11.9. The van der Waals surface area contributed by atoms with Crippen molar-refractivity contribution in [3.05, 3.63) is 0 Å². The fourth-order valence-electron chi connectivity index (χ4n) is 2.12. The Morgan fingerprint density at radius 2 is 1.50 bits per heavy atom. The van der Waals surface area contributed by atoms with Gasteiger partial charge in [-0.1, -0.05) is 0 Å². The van der Waals surface area contributed by atoms with Crippen LogP contribution in [0.25, 0.3) is 0 Å². The number of rotatable bonds is 6. The van der Waals surface area contributed by atoms with Gasteiger partial charge in [0, 0.05) is 6.42 Å². The van der Waals surface area contributed by atoms with Crippen molar-refractivity contribution in [2.75, 3.05) is 26.2 Å². The monoisotopic (exact) mass is 173 g/mol. The summed E-state index contributed by atoms with van der Waals surface area (Å²) in [6.45, 7) is 13.7. The zero-order valence-electron chi connectivity index (χ0n) is 9.14. The number of hydrogen-bond acceptors (Lipinski definition) is 1. The largest absolute Gasteiger partial charge is 0.330 e. The van der Waals surface area contributed by atoms with Gasteiger partial charge in [-0.3, -0.25) is 0 Å². The Hall–Kier alpha value is -0.0800. The highest BCUT2D eigenvalue weighted by Crippen LogP contribution is 2.15. The van der Waals surface area contributed by atoms with E-state index in [1.165, 1.54) is 24.1 Å². The van der Waals surface area contributed by atoms with Gasteiger partial charge in [0.2, 0.25) is 0 Å². The molecule has 0 rings (SSSR count). The van der Waals surface area contributed by atoms with Crippen molar-refractivity contribution in [3.8, 4) is 0 Å². The highest BCUT2D eigenvalue weighted by molar-refractivity contribution is 4.53. The first-order valence-corrected chi connectivity index (χ1v) is 5.22. The second-order valence-electron chi connectivity index (χ2n) is 3.59. The molecule has 2 heteroatoms. The maximum absolute atomic E-state index is 5.58. The molecule has 0 amide bonds. The summed E-state index contributed by atoms with van der Waals surface area (Å²) in [5, 5.41) is 0. The maximum atomic E-state index is 5.58. The zero-order valence-corrected chi connectivity index (χ0v) is 9.14. The molecule has 0 fully saturated rings. The first-order chi connectivity index (χ1) is 5.66. The molecule has 0 saturated heterocycles. The van der Waals surface area contributed by atoms with Gasteiger partial charge in [-0.15, -0.1) is 0 Å². The molecule has 0 saturated carbocycles. The summed E-state index contributed by atoms with van der Waals surface area (Å²) in [4.78, 5) is 0. The Bertz CT molecular complexity index is 100. The van der Waals surface area contributed by atoms with Crippen molar-refractivity contribution in [1.29, 1.82) is 0 Å². The van der Waals surface area contributed by atoms with Crippen LogP contribution in [0.5, 0.6) is 0 Å². The normalized spacial score (nSPS) is 14.8. The Labute approximate surface area is 77.3 Å². The molecule has 12 heavy (non-hydrogen) atoms. The minimum atomic E-state index is 0.718. The molecule has 0 aliphatic heterocycles. The molecule has 2 nitrogen and oxygen atoms in total. The molecule has 0 aromatic heterocycles. The molecule has 0 bridgehead atoms. The van der Waals surface area contributed by atoms with Gasteiger partial charge in [0.05, 0.1) is 25.7 Å². The van der Waals surface area contributed by atoms with Crippen LogP contribution in [-0.2, 0) is 0 Å². The van der Waals surface area contributed by atoms with E-state index in [2.05, 4.69) is 27.7 Å². The molecule has 1 atom stereocenters. The molecule has 0 aromatic rings. The summed E-state index contributed by atoms with van der Waals surface area (Å²) in [6, 6.07) is 0.718. The first-order valence-electron chi connectivity index (χ1n) is 5.22. The van der Waals surface area contributed by atoms with Crippen molar-refractivity contribution in [1.82, 2.24) is 0 Å². The van der Waals surface area contributed by atoms with E-state index in [9.17, 15) is 0 Å².